The third-order valence-corrected chi connectivity index (χ3v) is 5.45. The molecule has 0 saturated carbocycles. The molecule has 0 aliphatic rings. The van der Waals surface area contributed by atoms with E-state index in [1.54, 1.807) is 24.3 Å². The Bertz CT molecular complexity index is 1070. The van der Waals surface area contributed by atoms with E-state index in [4.69, 9.17) is 0 Å². The molecule has 0 unspecified atom stereocenters. The summed E-state index contributed by atoms with van der Waals surface area (Å²) in [7, 11) is -5.81. The van der Waals surface area contributed by atoms with Gasteiger partial charge in [0.05, 0.1) is 0 Å². The number of halogens is 3. The molecule has 0 aromatic heterocycles. The van der Waals surface area contributed by atoms with Gasteiger partial charge in [0.2, 0.25) is 0 Å². The van der Waals surface area contributed by atoms with Gasteiger partial charge in [-0.25, -0.2) is 4.79 Å². The van der Waals surface area contributed by atoms with Gasteiger partial charge in [0, 0.05) is 12.0 Å². The number of hydrogen-bond donors (Lipinski definition) is 2. The Balaban J connectivity index is 2.09. The molecule has 7 nitrogen and oxygen atoms in total. The molecule has 2 aromatic rings. The first kappa shape index (κ1) is 25.2. The molecule has 0 radical (unpaired) electrons. The number of aliphatic carboxylic acids is 1. The van der Waals surface area contributed by atoms with Crippen molar-refractivity contribution in [2.75, 3.05) is 0 Å². The second-order valence-electron chi connectivity index (χ2n) is 8.02. The van der Waals surface area contributed by atoms with E-state index in [0.29, 0.717) is 5.56 Å². The van der Waals surface area contributed by atoms with Gasteiger partial charge in [-0.3, -0.25) is 4.79 Å². The highest BCUT2D eigenvalue weighted by molar-refractivity contribution is 7.88. The van der Waals surface area contributed by atoms with Crippen molar-refractivity contribution in [3.63, 3.8) is 0 Å². The van der Waals surface area contributed by atoms with Crippen LogP contribution >= 0.6 is 0 Å². The van der Waals surface area contributed by atoms with Crippen LogP contribution in [0.2, 0.25) is 0 Å². The van der Waals surface area contributed by atoms with Gasteiger partial charge in [0.25, 0.3) is 5.91 Å². The fourth-order valence-electron chi connectivity index (χ4n) is 2.65. The fraction of sp³-hybridized carbons (Fsp3) is 0.333. The molecular weight excluding hydrogens is 451 g/mol. The van der Waals surface area contributed by atoms with Gasteiger partial charge >= 0.3 is 21.6 Å². The zero-order valence-corrected chi connectivity index (χ0v) is 18.3. The lowest BCUT2D eigenvalue weighted by molar-refractivity contribution is -0.139. The van der Waals surface area contributed by atoms with E-state index in [2.05, 4.69) is 9.50 Å². The maximum Gasteiger partial charge on any atom is 0.534 e. The fourth-order valence-corrected chi connectivity index (χ4v) is 3.11. The van der Waals surface area contributed by atoms with E-state index in [9.17, 15) is 36.3 Å². The zero-order valence-electron chi connectivity index (χ0n) is 17.4. The summed E-state index contributed by atoms with van der Waals surface area (Å²) in [6.45, 7) is 6.03. The van der Waals surface area contributed by atoms with Crippen molar-refractivity contribution in [2.45, 2.75) is 44.2 Å². The number of carbonyl (C=O) groups excluding carboxylic acids is 1. The predicted molar refractivity (Wildman–Crippen MR) is 110 cm³/mol. The highest BCUT2D eigenvalue weighted by Gasteiger charge is 2.48. The van der Waals surface area contributed by atoms with Gasteiger partial charge < -0.3 is 14.6 Å². The summed E-state index contributed by atoms with van der Waals surface area (Å²) in [6.07, 6.45) is -0.187. The summed E-state index contributed by atoms with van der Waals surface area (Å²) in [5.74, 6) is -2.50. The lowest BCUT2D eigenvalue weighted by Crippen LogP contribution is -2.42. The van der Waals surface area contributed by atoms with E-state index in [0.717, 1.165) is 17.7 Å². The minimum atomic E-state index is -5.81. The van der Waals surface area contributed by atoms with Gasteiger partial charge in [-0.1, -0.05) is 45.0 Å². The van der Waals surface area contributed by atoms with Crippen LogP contribution in [0.3, 0.4) is 0 Å². The Morgan fingerprint density at radius 2 is 1.53 bits per heavy atom. The van der Waals surface area contributed by atoms with Gasteiger partial charge in [0.1, 0.15) is 11.8 Å². The number of carboxylic acid groups (broad SMARTS) is 1. The molecular formula is C21H22F3NO6S. The van der Waals surface area contributed by atoms with Crippen LogP contribution in [0.25, 0.3) is 0 Å². The highest BCUT2D eigenvalue weighted by atomic mass is 32.2. The summed E-state index contributed by atoms with van der Waals surface area (Å²) in [5, 5.41) is 11.8. The molecule has 0 fully saturated rings. The smallest absolute Gasteiger partial charge is 0.480 e. The van der Waals surface area contributed by atoms with E-state index in [1.807, 2.05) is 20.8 Å². The molecule has 0 saturated heterocycles. The number of carbonyl (C=O) groups is 2. The van der Waals surface area contributed by atoms with Crippen molar-refractivity contribution in [3.05, 3.63) is 65.2 Å². The molecule has 1 atom stereocenters. The second-order valence-corrected chi connectivity index (χ2v) is 9.56. The van der Waals surface area contributed by atoms with E-state index in [-0.39, 0.29) is 17.4 Å². The summed E-state index contributed by atoms with van der Waals surface area (Å²) in [6, 6.07) is 9.74. The standard InChI is InChI=1S/C21H22F3NO6S/c1-20(2,3)15-8-6-14(7-9-15)18(26)25-17(19(27)28)12-13-4-10-16(11-5-13)31-32(29,30)21(22,23)24/h4-11,17H,12H2,1-3H3,(H,25,26)(H,27,28)/t17-/m0/s1. The first-order valence-electron chi connectivity index (χ1n) is 9.34. The van der Waals surface area contributed by atoms with Gasteiger partial charge in [-0.15, -0.1) is 0 Å². The number of alkyl halides is 3. The third kappa shape index (κ3) is 6.46. The average Bonchev–Trinajstić information content (AvgIpc) is 2.67. The Hall–Kier alpha value is -3.08. The summed E-state index contributed by atoms with van der Waals surface area (Å²) < 4.78 is 63.2. The first-order valence-corrected chi connectivity index (χ1v) is 10.7. The maximum atomic E-state index is 12.4. The second kappa shape index (κ2) is 9.19. The van der Waals surface area contributed by atoms with E-state index < -0.39 is 39.3 Å². The number of benzene rings is 2. The SMILES string of the molecule is CC(C)(C)c1ccc(C(=O)N[C@@H](Cc2ccc(OS(=O)(=O)C(F)(F)F)cc2)C(=O)O)cc1. The highest BCUT2D eigenvalue weighted by Crippen LogP contribution is 2.27. The van der Waals surface area contributed by atoms with Gasteiger partial charge in [-0.2, -0.15) is 21.6 Å². The monoisotopic (exact) mass is 473 g/mol. The van der Waals surface area contributed by atoms with Crippen LogP contribution in [0.5, 0.6) is 5.75 Å². The summed E-state index contributed by atoms with van der Waals surface area (Å²) in [5.41, 5.74) is -4.09. The molecule has 2 aromatic carbocycles. The van der Waals surface area contributed by atoms with Crippen molar-refractivity contribution in [1.29, 1.82) is 0 Å². The Morgan fingerprint density at radius 1 is 1.00 bits per heavy atom. The Labute approximate surface area is 183 Å². The largest absolute Gasteiger partial charge is 0.534 e. The lowest BCUT2D eigenvalue weighted by atomic mass is 9.86. The van der Waals surface area contributed by atoms with Gasteiger partial charge in [0.15, 0.2) is 0 Å². The first-order chi connectivity index (χ1) is 14.6. The van der Waals surface area contributed by atoms with Crippen LogP contribution in [0.4, 0.5) is 13.2 Å². The average molecular weight is 473 g/mol. The van der Waals surface area contributed by atoms with Crippen molar-refractivity contribution in [2.24, 2.45) is 0 Å². The molecule has 2 rings (SSSR count). The molecule has 0 aliphatic carbocycles. The van der Waals surface area contributed by atoms with Crippen LogP contribution < -0.4 is 9.50 Å². The molecule has 11 heteroatoms. The molecule has 174 valence electrons. The minimum Gasteiger partial charge on any atom is -0.480 e. The lowest BCUT2D eigenvalue weighted by Gasteiger charge is -2.19. The number of hydrogen-bond acceptors (Lipinski definition) is 5. The number of rotatable bonds is 7. The van der Waals surface area contributed by atoms with Crippen molar-refractivity contribution in [3.8, 4) is 5.75 Å². The molecule has 0 heterocycles. The number of amides is 1. The van der Waals surface area contributed by atoms with Crippen molar-refractivity contribution >= 4 is 22.0 Å². The van der Waals surface area contributed by atoms with Crippen LogP contribution in [0, 0.1) is 0 Å². The van der Waals surface area contributed by atoms with E-state index >= 15 is 0 Å². The molecule has 1 amide bonds. The Morgan fingerprint density at radius 3 is 1.97 bits per heavy atom. The normalized spacial score (nSPS) is 13.3. The van der Waals surface area contributed by atoms with Crippen molar-refractivity contribution < 1.29 is 40.5 Å². The third-order valence-electron chi connectivity index (χ3n) is 4.47. The Kier molecular flexibility index (Phi) is 7.23. The van der Waals surface area contributed by atoms with Crippen LogP contribution in [0.1, 0.15) is 42.3 Å². The quantitative estimate of drug-likeness (QED) is 0.469. The van der Waals surface area contributed by atoms with Crippen LogP contribution in [-0.4, -0.2) is 37.0 Å². The zero-order chi connectivity index (χ0) is 24.3. The van der Waals surface area contributed by atoms with Crippen LogP contribution in [0.15, 0.2) is 48.5 Å². The summed E-state index contributed by atoms with van der Waals surface area (Å²) >= 11 is 0. The molecule has 32 heavy (non-hydrogen) atoms. The van der Waals surface area contributed by atoms with Gasteiger partial charge in [-0.05, 0) is 40.8 Å². The molecule has 2 N–H and O–H groups in total. The number of nitrogens with one attached hydrogen (secondary N) is 1. The molecule has 0 bridgehead atoms. The topological polar surface area (TPSA) is 110 Å². The van der Waals surface area contributed by atoms with Crippen LogP contribution in [-0.2, 0) is 26.7 Å². The molecule has 0 spiro atoms. The molecule has 0 aliphatic heterocycles. The number of carboxylic acids is 1. The van der Waals surface area contributed by atoms with E-state index in [1.165, 1.54) is 12.1 Å². The maximum absolute atomic E-state index is 12.4. The minimum absolute atomic E-state index is 0.117. The summed E-state index contributed by atoms with van der Waals surface area (Å²) in [4.78, 5) is 24.0. The van der Waals surface area contributed by atoms with Crippen molar-refractivity contribution in [1.82, 2.24) is 5.32 Å². The predicted octanol–water partition coefficient (Wildman–Crippen LogP) is 3.64.